The van der Waals surface area contributed by atoms with E-state index >= 15 is 0 Å². The van der Waals surface area contributed by atoms with Crippen molar-refractivity contribution in [3.05, 3.63) is 164 Å². The Hall–Kier alpha value is -5.93. The standard InChI is InChI=1S/C41H27N3/c1-2-11-32(12-3-1)39-42-40(33-22-17-29(18-23-33)36-26-19-28-9-4-5-13-35(28)27-36)44-41(43-39)34-24-20-31(21-25-34)38-16-8-14-30-10-6-7-15-37(30)38/h1-27H. The van der Waals surface area contributed by atoms with Crippen LogP contribution >= 0.6 is 0 Å². The van der Waals surface area contributed by atoms with E-state index in [1.165, 1.54) is 32.7 Å². The van der Waals surface area contributed by atoms with Crippen molar-refractivity contribution < 1.29 is 0 Å². The molecule has 1 heterocycles. The molecule has 0 aliphatic rings. The van der Waals surface area contributed by atoms with Crippen molar-refractivity contribution in [1.82, 2.24) is 15.0 Å². The predicted molar refractivity (Wildman–Crippen MR) is 182 cm³/mol. The third kappa shape index (κ3) is 4.91. The third-order valence-corrected chi connectivity index (χ3v) is 8.14. The summed E-state index contributed by atoms with van der Waals surface area (Å²) >= 11 is 0. The van der Waals surface area contributed by atoms with Crippen LogP contribution in [0.5, 0.6) is 0 Å². The van der Waals surface area contributed by atoms with E-state index in [-0.39, 0.29) is 0 Å². The van der Waals surface area contributed by atoms with Crippen molar-refractivity contribution in [2.75, 3.05) is 0 Å². The highest BCUT2D eigenvalue weighted by molar-refractivity contribution is 5.96. The summed E-state index contributed by atoms with van der Waals surface area (Å²) in [6, 6.07) is 57.1. The minimum absolute atomic E-state index is 0.650. The van der Waals surface area contributed by atoms with Crippen LogP contribution in [0.1, 0.15) is 0 Å². The van der Waals surface area contributed by atoms with Crippen molar-refractivity contribution in [2.45, 2.75) is 0 Å². The van der Waals surface area contributed by atoms with Gasteiger partial charge in [-0.3, -0.25) is 0 Å². The van der Waals surface area contributed by atoms with Crippen LogP contribution in [0.4, 0.5) is 0 Å². The van der Waals surface area contributed by atoms with Gasteiger partial charge in [0.2, 0.25) is 0 Å². The van der Waals surface area contributed by atoms with Gasteiger partial charge in [-0.05, 0) is 49.9 Å². The zero-order valence-electron chi connectivity index (χ0n) is 23.9. The average molecular weight is 562 g/mol. The summed E-state index contributed by atoms with van der Waals surface area (Å²) in [7, 11) is 0. The predicted octanol–water partition coefficient (Wildman–Crippen LogP) is 10.5. The maximum absolute atomic E-state index is 4.97. The van der Waals surface area contributed by atoms with Crippen molar-refractivity contribution >= 4 is 21.5 Å². The monoisotopic (exact) mass is 561 g/mol. The molecular weight excluding hydrogens is 534 g/mol. The Morgan fingerprint density at radius 2 is 0.750 bits per heavy atom. The zero-order valence-corrected chi connectivity index (χ0v) is 23.9. The van der Waals surface area contributed by atoms with Gasteiger partial charge < -0.3 is 0 Å². The molecular formula is C41H27N3. The van der Waals surface area contributed by atoms with Gasteiger partial charge in [0, 0.05) is 16.7 Å². The first kappa shape index (κ1) is 25.8. The maximum atomic E-state index is 4.97. The Morgan fingerprint density at radius 3 is 1.43 bits per heavy atom. The molecule has 8 aromatic rings. The lowest BCUT2D eigenvalue weighted by Gasteiger charge is -2.10. The number of rotatable bonds is 5. The number of hydrogen-bond donors (Lipinski definition) is 0. The van der Waals surface area contributed by atoms with E-state index in [9.17, 15) is 0 Å². The quantitative estimate of drug-likeness (QED) is 0.210. The Kier molecular flexibility index (Phi) is 6.47. The van der Waals surface area contributed by atoms with Crippen LogP contribution in [0.15, 0.2) is 164 Å². The van der Waals surface area contributed by atoms with Gasteiger partial charge in [-0.15, -0.1) is 0 Å². The Labute approximate surface area is 256 Å². The molecule has 0 fully saturated rings. The largest absolute Gasteiger partial charge is 0.208 e. The highest BCUT2D eigenvalue weighted by Gasteiger charge is 2.13. The molecule has 0 bridgehead atoms. The zero-order chi connectivity index (χ0) is 29.3. The lowest BCUT2D eigenvalue weighted by Crippen LogP contribution is -2.00. The molecule has 44 heavy (non-hydrogen) atoms. The molecule has 0 aliphatic carbocycles. The van der Waals surface area contributed by atoms with Gasteiger partial charge in [0.15, 0.2) is 17.5 Å². The fraction of sp³-hybridized carbons (Fsp3) is 0. The molecule has 0 N–H and O–H groups in total. The van der Waals surface area contributed by atoms with Gasteiger partial charge in [-0.25, -0.2) is 15.0 Å². The number of aromatic nitrogens is 3. The van der Waals surface area contributed by atoms with Gasteiger partial charge in [0.1, 0.15) is 0 Å². The molecule has 0 atom stereocenters. The molecule has 0 spiro atoms. The van der Waals surface area contributed by atoms with Crippen molar-refractivity contribution in [2.24, 2.45) is 0 Å². The van der Waals surface area contributed by atoms with E-state index in [1.807, 2.05) is 30.3 Å². The lowest BCUT2D eigenvalue weighted by atomic mass is 9.97. The fourth-order valence-corrected chi connectivity index (χ4v) is 5.81. The molecule has 0 radical (unpaired) electrons. The minimum Gasteiger partial charge on any atom is -0.208 e. The summed E-state index contributed by atoms with van der Waals surface area (Å²) < 4.78 is 0. The second-order valence-electron chi connectivity index (χ2n) is 10.9. The second-order valence-corrected chi connectivity index (χ2v) is 10.9. The summed E-state index contributed by atoms with van der Waals surface area (Å²) in [6.45, 7) is 0. The molecule has 0 unspecified atom stereocenters. The van der Waals surface area contributed by atoms with E-state index < -0.39 is 0 Å². The number of fused-ring (bicyclic) bond motifs is 2. The molecule has 0 amide bonds. The van der Waals surface area contributed by atoms with Crippen molar-refractivity contribution in [3.63, 3.8) is 0 Å². The molecule has 3 nitrogen and oxygen atoms in total. The van der Waals surface area contributed by atoms with Gasteiger partial charge in [0.25, 0.3) is 0 Å². The Balaban J connectivity index is 1.18. The van der Waals surface area contributed by atoms with Crippen LogP contribution in [0, 0.1) is 0 Å². The highest BCUT2D eigenvalue weighted by atomic mass is 15.0. The molecule has 0 saturated carbocycles. The second kappa shape index (κ2) is 11.0. The Morgan fingerprint density at radius 1 is 0.273 bits per heavy atom. The van der Waals surface area contributed by atoms with Crippen LogP contribution in [0.3, 0.4) is 0 Å². The summed E-state index contributed by atoms with van der Waals surface area (Å²) in [6.07, 6.45) is 0. The minimum atomic E-state index is 0.650. The highest BCUT2D eigenvalue weighted by Crippen LogP contribution is 2.32. The van der Waals surface area contributed by atoms with E-state index in [0.29, 0.717) is 17.5 Å². The summed E-state index contributed by atoms with van der Waals surface area (Å²) in [5.74, 6) is 1.95. The molecule has 206 valence electrons. The average Bonchev–Trinajstić information content (AvgIpc) is 3.11. The van der Waals surface area contributed by atoms with Gasteiger partial charge in [-0.2, -0.15) is 0 Å². The first-order chi connectivity index (χ1) is 21.8. The normalized spacial score (nSPS) is 11.2. The first-order valence-corrected chi connectivity index (χ1v) is 14.8. The topological polar surface area (TPSA) is 38.7 Å². The molecule has 1 aromatic heterocycles. The van der Waals surface area contributed by atoms with Crippen LogP contribution in [-0.4, -0.2) is 15.0 Å². The van der Waals surface area contributed by atoms with E-state index in [0.717, 1.165) is 27.8 Å². The van der Waals surface area contributed by atoms with E-state index in [4.69, 9.17) is 15.0 Å². The first-order valence-electron chi connectivity index (χ1n) is 14.8. The smallest absolute Gasteiger partial charge is 0.164 e. The van der Waals surface area contributed by atoms with E-state index in [2.05, 4.69) is 133 Å². The number of benzene rings is 7. The van der Waals surface area contributed by atoms with E-state index in [1.54, 1.807) is 0 Å². The van der Waals surface area contributed by atoms with Crippen molar-refractivity contribution in [1.29, 1.82) is 0 Å². The van der Waals surface area contributed by atoms with Gasteiger partial charge in [-0.1, -0.05) is 158 Å². The molecule has 7 aromatic carbocycles. The number of nitrogens with zero attached hydrogens (tertiary/aromatic N) is 3. The van der Waals surface area contributed by atoms with Crippen molar-refractivity contribution in [3.8, 4) is 56.4 Å². The lowest BCUT2D eigenvalue weighted by molar-refractivity contribution is 1.07. The van der Waals surface area contributed by atoms with Gasteiger partial charge >= 0.3 is 0 Å². The summed E-state index contributed by atoms with van der Waals surface area (Å²) in [4.78, 5) is 14.8. The third-order valence-electron chi connectivity index (χ3n) is 8.14. The molecule has 0 aliphatic heterocycles. The molecule has 3 heteroatoms. The van der Waals surface area contributed by atoms with Crippen LogP contribution in [-0.2, 0) is 0 Å². The van der Waals surface area contributed by atoms with Gasteiger partial charge in [0.05, 0.1) is 0 Å². The van der Waals surface area contributed by atoms with Crippen LogP contribution < -0.4 is 0 Å². The van der Waals surface area contributed by atoms with Crippen LogP contribution in [0.25, 0.3) is 78.0 Å². The SMILES string of the molecule is c1ccc(-c2nc(-c3ccc(-c4ccc5ccccc5c4)cc3)nc(-c3ccc(-c4cccc5ccccc45)cc3)n2)cc1. The molecule has 8 rings (SSSR count). The Bertz CT molecular complexity index is 2250. The maximum Gasteiger partial charge on any atom is 0.164 e. The van der Waals surface area contributed by atoms with Crippen LogP contribution in [0.2, 0.25) is 0 Å². The number of hydrogen-bond acceptors (Lipinski definition) is 3. The summed E-state index contributed by atoms with van der Waals surface area (Å²) in [5.41, 5.74) is 7.56. The fourth-order valence-electron chi connectivity index (χ4n) is 5.81. The molecule has 0 saturated heterocycles. The summed E-state index contributed by atoms with van der Waals surface area (Å²) in [5, 5.41) is 4.94.